The van der Waals surface area contributed by atoms with Gasteiger partial charge in [-0.2, -0.15) is 5.10 Å². The molecule has 1 N–H and O–H groups in total. The van der Waals surface area contributed by atoms with Crippen LogP contribution in [-0.2, 0) is 0 Å². The summed E-state index contributed by atoms with van der Waals surface area (Å²) in [5.41, 5.74) is 2.13. The Morgan fingerprint density at radius 2 is 2.00 bits per heavy atom. The van der Waals surface area contributed by atoms with Crippen molar-refractivity contribution in [3.63, 3.8) is 0 Å². The van der Waals surface area contributed by atoms with Crippen LogP contribution in [0, 0.1) is 13.8 Å². The molecule has 0 aliphatic carbocycles. The van der Waals surface area contributed by atoms with E-state index in [2.05, 4.69) is 20.6 Å². The number of hydrogen-bond donors (Lipinski definition) is 1. The van der Waals surface area contributed by atoms with E-state index >= 15 is 0 Å². The minimum absolute atomic E-state index is 0.561. The second-order valence-corrected chi connectivity index (χ2v) is 5.27. The van der Waals surface area contributed by atoms with E-state index in [9.17, 15) is 0 Å². The smallest absolute Gasteiger partial charge is 0.175 e. The fraction of sp³-hybridized carbons (Fsp3) is 0.235. The number of nitrogens with zero attached hydrogens (tertiary/aromatic N) is 4. The van der Waals surface area contributed by atoms with Crippen LogP contribution in [0.2, 0.25) is 0 Å². The lowest BCUT2D eigenvalue weighted by Crippen LogP contribution is -2.13. The van der Waals surface area contributed by atoms with Gasteiger partial charge in [0.05, 0.1) is 12.2 Å². The zero-order chi connectivity index (χ0) is 16.1. The standard InChI is InChI=1S/C17H19N5O/c1-13-4-3-5-15(12-13)23-11-9-18-16-6-7-17(20-19-16)22-10-8-14(2)21-22/h3-8,10,12H,9,11H2,1-2H3,(H,18,19). The first-order valence-electron chi connectivity index (χ1n) is 7.50. The zero-order valence-electron chi connectivity index (χ0n) is 13.2. The molecule has 2 aromatic heterocycles. The summed E-state index contributed by atoms with van der Waals surface area (Å²) in [4.78, 5) is 0. The second kappa shape index (κ2) is 6.91. The molecule has 0 aliphatic rings. The van der Waals surface area contributed by atoms with Gasteiger partial charge in [-0.15, -0.1) is 10.2 Å². The van der Waals surface area contributed by atoms with E-state index in [0.29, 0.717) is 24.8 Å². The number of aromatic nitrogens is 4. The molecule has 0 saturated carbocycles. The molecule has 0 bridgehead atoms. The van der Waals surface area contributed by atoms with Crippen LogP contribution < -0.4 is 10.1 Å². The molecular weight excluding hydrogens is 290 g/mol. The van der Waals surface area contributed by atoms with Gasteiger partial charge in [0.2, 0.25) is 0 Å². The summed E-state index contributed by atoms with van der Waals surface area (Å²) < 4.78 is 7.38. The number of benzene rings is 1. The average Bonchev–Trinajstić information content (AvgIpc) is 2.99. The molecule has 118 valence electrons. The van der Waals surface area contributed by atoms with Crippen LogP contribution in [0.15, 0.2) is 48.7 Å². The Bertz CT molecular complexity index is 767. The van der Waals surface area contributed by atoms with E-state index in [1.165, 1.54) is 5.56 Å². The highest BCUT2D eigenvalue weighted by Crippen LogP contribution is 2.12. The van der Waals surface area contributed by atoms with Crippen molar-refractivity contribution in [3.8, 4) is 11.6 Å². The van der Waals surface area contributed by atoms with Crippen LogP contribution in [0.4, 0.5) is 5.82 Å². The lowest BCUT2D eigenvalue weighted by Gasteiger charge is -2.08. The van der Waals surface area contributed by atoms with Gasteiger partial charge >= 0.3 is 0 Å². The summed E-state index contributed by atoms with van der Waals surface area (Å²) in [5.74, 6) is 2.28. The second-order valence-electron chi connectivity index (χ2n) is 5.27. The number of nitrogens with one attached hydrogen (secondary N) is 1. The Labute approximate surface area is 135 Å². The lowest BCUT2D eigenvalue weighted by molar-refractivity contribution is 0.332. The van der Waals surface area contributed by atoms with E-state index in [0.717, 1.165) is 11.4 Å². The van der Waals surface area contributed by atoms with Crippen molar-refractivity contribution in [2.24, 2.45) is 0 Å². The Morgan fingerprint density at radius 3 is 2.70 bits per heavy atom. The molecule has 2 heterocycles. The summed E-state index contributed by atoms with van der Waals surface area (Å²) in [6, 6.07) is 13.7. The van der Waals surface area contributed by atoms with Crippen molar-refractivity contribution in [3.05, 3.63) is 59.9 Å². The Hall–Kier alpha value is -2.89. The predicted octanol–water partition coefficient (Wildman–Crippen LogP) is 2.77. The van der Waals surface area contributed by atoms with Crippen molar-refractivity contribution in [1.82, 2.24) is 20.0 Å². The van der Waals surface area contributed by atoms with Crippen LogP contribution in [0.3, 0.4) is 0 Å². The van der Waals surface area contributed by atoms with Crippen LogP contribution in [0.25, 0.3) is 5.82 Å². The third-order valence-corrected chi connectivity index (χ3v) is 3.27. The van der Waals surface area contributed by atoms with E-state index in [1.54, 1.807) is 4.68 Å². The first-order valence-corrected chi connectivity index (χ1v) is 7.50. The van der Waals surface area contributed by atoms with Gasteiger partial charge in [-0.25, -0.2) is 4.68 Å². The maximum absolute atomic E-state index is 5.68. The van der Waals surface area contributed by atoms with Crippen molar-refractivity contribution in [1.29, 1.82) is 0 Å². The van der Waals surface area contributed by atoms with E-state index < -0.39 is 0 Å². The van der Waals surface area contributed by atoms with Gasteiger partial charge in [-0.3, -0.25) is 0 Å². The van der Waals surface area contributed by atoms with Gasteiger partial charge in [0.25, 0.3) is 0 Å². The first kappa shape index (κ1) is 15.0. The largest absolute Gasteiger partial charge is 0.492 e. The lowest BCUT2D eigenvalue weighted by atomic mass is 10.2. The highest BCUT2D eigenvalue weighted by atomic mass is 16.5. The third kappa shape index (κ3) is 4.06. The molecule has 6 heteroatoms. The fourth-order valence-corrected chi connectivity index (χ4v) is 2.14. The quantitative estimate of drug-likeness (QED) is 0.709. The molecule has 0 aliphatic heterocycles. The van der Waals surface area contributed by atoms with Crippen LogP contribution in [0.1, 0.15) is 11.3 Å². The summed E-state index contributed by atoms with van der Waals surface area (Å²) in [6.07, 6.45) is 1.86. The molecule has 3 rings (SSSR count). The number of aryl methyl sites for hydroxylation is 2. The molecule has 0 unspecified atom stereocenters. The minimum atomic E-state index is 0.561. The van der Waals surface area contributed by atoms with Crippen molar-refractivity contribution in [2.45, 2.75) is 13.8 Å². The maximum Gasteiger partial charge on any atom is 0.175 e. The molecule has 0 fully saturated rings. The number of hydrogen-bond acceptors (Lipinski definition) is 5. The van der Waals surface area contributed by atoms with Gasteiger partial charge in [0.1, 0.15) is 18.2 Å². The highest BCUT2D eigenvalue weighted by Gasteiger charge is 2.01. The van der Waals surface area contributed by atoms with Gasteiger partial charge in [0, 0.05) is 6.20 Å². The van der Waals surface area contributed by atoms with Crippen molar-refractivity contribution in [2.75, 3.05) is 18.5 Å². The molecule has 0 atom stereocenters. The van der Waals surface area contributed by atoms with Crippen molar-refractivity contribution < 1.29 is 4.74 Å². The normalized spacial score (nSPS) is 10.5. The molecule has 0 spiro atoms. The highest BCUT2D eigenvalue weighted by molar-refractivity contribution is 5.36. The monoisotopic (exact) mass is 309 g/mol. The zero-order valence-corrected chi connectivity index (χ0v) is 13.2. The molecule has 6 nitrogen and oxygen atoms in total. The Balaban J connectivity index is 1.49. The summed E-state index contributed by atoms with van der Waals surface area (Å²) in [5, 5.41) is 15.8. The molecule has 23 heavy (non-hydrogen) atoms. The summed E-state index contributed by atoms with van der Waals surface area (Å²) in [7, 11) is 0. The molecule has 3 aromatic rings. The predicted molar refractivity (Wildman–Crippen MR) is 89.1 cm³/mol. The van der Waals surface area contributed by atoms with Gasteiger partial charge in [-0.1, -0.05) is 12.1 Å². The molecular formula is C17H19N5O. The van der Waals surface area contributed by atoms with Gasteiger partial charge in [0.15, 0.2) is 5.82 Å². The van der Waals surface area contributed by atoms with E-state index in [4.69, 9.17) is 4.74 Å². The van der Waals surface area contributed by atoms with Gasteiger partial charge < -0.3 is 10.1 Å². The number of ether oxygens (including phenoxy) is 1. The number of anilines is 1. The molecule has 0 radical (unpaired) electrons. The molecule has 0 amide bonds. The van der Waals surface area contributed by atoms with Gasteiger partial charge in [-0.05, 0) is 49.7 Å². The maximum atomic E-state index is 5.68. The van der Waals surface area contributed by atoms with E-state index in [-0.39, 0.29) is 0 Å². The molecule has 1 aromatic carbocycles. The summed E-state index contributed by atoms with van der Waals surface area (Å²) in [6.45, 7) is 5.20. The summed E-state index contributed by atoms with van der Waals surface area (Å²) >= 11 is 0. The minimum Gasteiger partial charge on any atom is -0.492 e. The first-order chi connectivity index (χ1) is 11.2. The van der Waals surface area contributed by atoms with Crippen LogP contribution in [-0.4, -0.2) is 33.1 Å². The van der Waals surface area contributed by atoms with E-state index in [1.807, 2.05) is 62.5 Å². The number of rotatable bonds is 6. The van der Waals surface area contributed by atoms with Crippen LogP contribution in [0.5, 0.6) is 5.75 Å². The Morgan fingerprint density at radius 1 is 1.09 bits per heavy atom. The van der Waals surface area contributed by atoms with Crippen LogP contribution >= 0.6 is 0 Å². The SMILES string of the molecule is Cc1cccc(OCCNc2ccc(-n3ccc(C)n3)nn2)c1. The topological polar surface area (TPSA) is 64.9 Å². The average molecular weight is 309 g/mol. The fourth-order valence-electron chi connectivity index (χ4n) is 2.14. The third-order valence-electron chi connectivity index (χ3n) is 3.27. The van der Waals surface area contributed by atoms with Crippen molar-refractivity contribution >= 4 is 5.82 Å². The molecule has 0 saturated heterocycles. The Kier molecular flexibility index (Phi) is 4.52.